The SMILES string of the molecule is CNc1cc(Oc2cccc(N(C)C)c2)ccn1. The second-order valence-corrected chi connectivity index (χ2v) is 4.12. The lowest BCUT2D eigenvalue weighted by molar-refractivity contribution is 0.482. The molecule has 0 fully saturated rings. The Morgan fingerprint density at radius 2 is 1.89 bits per heavy atom. The lowest BCUT2D eigenvalue weighted by atomic mass is 10.3. The van der Waals surface area contributed by atoms with Crippen molar-refractivity contribution in [2.24, 2.45) is 0 Å². The molecule has 1 aromatic carbocycles. The number of benzene rings is 1. The minimum absolute atomic E-state index is 0.769. The second-order valence-electron chi connectivity index (χ2n) is 4.12. The van der Waals surface area contributed by atoms with E-state index >= 15 is 0 Å². The molecule has 0 aliphatic rings. The van der Waals surface area contributed by atoms with E-state index in [-0.39, 0.29) is 0 Å². The van der Waals surface area contributed by atoms with Gasteiger partial charge in [-0.1, -0.05) is 6.07 Å². The van der Waals surface area contributed by atoms with Crippen LogP contribution in [0.4, 0.5) is 11.5 Å². The smallest absolute Gasteiger partial charge is 0.132 e. The molecule has 0 spiro atoms. The zero-order valence-corrected chi connectivity index (χ0v) is 10.8. The Kier molecular flexibility index (Phi) is 3.67. The van der Waals surface area contributed by atoms with Gasteiger partial charge in [0.05, 0.1) is 0 Å². The van der Waals surface area contributed by atoms with E-state index in [0.29, 0.717) is 0 Å². The van der Waals surface area contributed by atoms with Crippen molar-refractivity contribution in [3.05, 3.63) is 42.6 Å². The monoisotopic (exact) mass is 243 g/mol. The molecular weight excluding hydrogens is 226 g/mol. The van der Waals surface area contributed by atoms with E-state index in [1.54, 1.807) is 6.20 Å². The molecule has 0 saturated carbocycles. The number of rotatable bonds is 4. The van der Waals surface area contributed by atoms with Crippen LogP contribution in [0.1, 0.15) is 0 Å². The predicted octanol–water partition coefficient (Wildman–Crippen LogP) is 2.98. The Balaban J connectivity index is 2.20. The van der Waals surface area contributed by atoms with Crippen LogP contribution in [0.5, 0.6) is 11.5 Å². The molecular formula is C14H17N3O. The van der Waals surface area contributed by atoms with E-state index in [9.17, 15) is 0 Å². The zero-order chi connectivity index (χ0) is 13.0. The van der Waals surface area contributed by atoms with Gasteiger partial charge in [0.1, 0.15) is 17.3 Å². The maximum atomic E-state index is 5.80. The highest BCUT2D eigenvalue weighted by Crippen LogP contribution is 2.25. The maximum absolute atomic E-state index is 5.80. The third-order valence-electron chi connectivity index (χ3n) is 2.56. The second kappa shape index (κ2) is 5.40. The Morgan fingerprint density at radius 1 is 1.11 bits per heavy atom. The molecule has 1 N–H and O–H groups in total. The number of hydrogen-bond acceptors (Lipinski definition) is 4. The maximum Gasteiger partial charge on any atom is 0.132 e. The van der Waals surface area contributed by atoms with E-state index in [1.165, 1.54) is 0 Å². The molecule has 0 bridgehead atoms. The first kappa shape index (κ1) is 12.2. The molecule has 0 radical (unpaired) electrons. The molecule has 0 aliphatic heterocycles. The van der Waals surface area contributed by atoms with Gasteiger partial charge in [-0.05, 0) is 18.2 Å². The summed E-state index contributed by atoms with van der Waals surface area (Å²) in [7, 11) is 5.84. The highest BCUT2D eigenvalue weighted by Gasteiger charge is 2.01. The van der Waals surface area contributed by atoms with E-state index in [4.69, 9.17) is 4.74 Å². The molecule has 2 aromatic rings. The molecule has 18 heavy (non-hydrogen) atoms. The van der Waals surface area contributed by atoms with E-state index < -0.39 is 0 Å². The normalized spacial score (nSPS) is 9.94. The fourth-order valence-electron chi connectivity index (χ4n) is 1.57. The Bertz CT molecular complexity index is 526. The lowest BCUT2D eigenvalue weighted by Gasteiger charge is -2.14. The van der Waals surface area contributed by atoms with Crippen LogP contribution in [0.3, 0.4) is 0 Å². The van der Waals surface area contributed by atoms with Gasteiger partial charge in [0.2, 0.25) is 0 Å². The summed E-state index contributed by atoms with van der Waals surface area (Å²) in [5.41, 5.74) is 1.11. The molecule has 0 aliphatic carbocycles. The van der Waals surface area contributed by atoms with Gasteiger partial charge >= 0.3 is 0 Å². The van der Waals surface area contributed by atoms with Crippen LogP contribution in [-0.2, 0) is 0 Å². The van der Waals surface area contributed by atoms with E-state index in [0.717, 1.165) is 23.0 Å². The molecule has 0 atom stereocenters. The molecule has 0 amide bonds. The summed E-state index contributed by atoms with van der Waals surface area (Å²) in [6.07, 6.45) is 1.72. The molecule has 94 valence electrons. The van der Waals surface area contributed by atoms with Crippen LogP contribution in [-0.4, -0.2) is 26.1 Å². The Hall–Kier alpha value is -2.23. The summed E-state index contributed by atoms with van der Waals surface area (Å²) in [6.45, 7) is 0. The minimum atomic E-state index is 0.769. The molecule has 0 saturated heterocycles. The number of ether oxygens (including phenoxy) is 1. The van der Waals surface area contributed by atoms with Crippen LogP contribution in [0, 0.1) is 0 Å². The topological polar surface area (TPSA) is 37.4 Å². The number of nitrogens with zero attached hydrogens (tertiary/aromatic N) is 2. The average molecular weight is 243 g/mol. The highest BCUT2D eigenvalue weighted by atomic mass is 16.5. The quantitative estimate of drug-likeness (QED) is 0.895. The molecule has 4 nitrogen and oxygen atoms in total. The van der Waals surface area contributed by atoms with Gasteiger partial charge < -0.3 is 15.0 Å². The summed E-state index contributed by atoms with van der Waals surface area (Å²) < 4.78 is 5.80. The molecule has 0 unspecified atom stereocenters. The van der Waals surface area contributed by atoms with Gasteiger partial charge in [0, 0.05) is 45.2 Å². The minimum Gasteiger partial charge on any atom is -0.457 e. The van der Waals surface area contributed by atoms with Crippen LogP contribution < -0.4 is 15.0 Å². The van der Waals surface area contributed by atoms with Crippen LogP contribution in [0.2, 0.25) is 0 Å². The zero-order valence-electron chi connectivity index (χ0n) is 10.8. The van der Waals surface area contributed by atoms with Gasteiger partial charge in [0.15, 0.2) is 0 Å². The van der Waals surface area contributed by atoms with Gasteiger partial charge in [-0.15, -0.1) is 0 Å². The predicted molar refractivity (Wildman–Crippen MR) is 74.6 cm³/mol. The van der Waals surface area contributed by atoms with Crippen LogP contribution in [0.25, 0.3) is 0 Å². The van der Waals surface area contributed by atoms with E-state index in [1.807, 2.05) is 62.4 Å². The van der Waals surface area contributed by atoms with Crippen molar-refractivity contribution in [2.45, 2.75) is 0 Å². The van der Waals surface area contributed by atoms with Gasteiger partial charge in [0.25, 0.3) is 0 Å². The third-order valence-corrected chi connectivity index (χ3v) is 2.56. The first-order chi connectivity index (χ1) is 8.69. The molecule has 1 heterocycles. The number of pyridine rings is 1. The largest absolute Gasteiger partial charge is 0.457 e. The number of aromatic nitrogens is 1. The summed E-state index contributed by atoms with van der Waals surface area (Å²) >= 11 is 0. The first-order valence-electron chi connectivity index (χ1n) is 5.78. The van der Waals surface area contributed by atoms with Crippen molar-refractivity contribution in [2.75, 3.05) is 31.4 Å². The number of hydrogen-bond donors (Lipinski definition) is 1. The summed E-state index contributed by atoms with van der Waals surface area (Å²) in [5, 5.41) is 2.98. The molecule has 1 aromatic heterocycles. The Morgan fingerprint density at radius 3 is 2.61 bits per heavy atom. The summed E-state index contributed by atoms with van der Waals surface area (Å²) in [6, 6.07) is 11.7. The Labute approximate surface area is 107 Å². The standard InChI is InChI=1S/C14H17N3O/c1-15-14-10-13(7-8-16-14)18-12-6-4-5-11(9-12)17(2)3/h4-10H,1-3H3,(H,15,16). The summed E-state index contributed by atoms with van der Waals surface area (Å²) in [4.78, 5) is 6.19. The first-order valence-corrected chi connectivity index (χ1v) is 5.78. The van der Waals surface area contributed by atoms with Gasteiger partial charge in [-0.2, -0.15) is 0 Å². The van der Waals surface area contributed by atoms with Crippen molar-refractivity contribution in [1.82, 2.24) is 4.98 Å². The molecule has 4 heteroatoms. The summed E-state index contributed by atoms with van der Waals surface area (Å²) in [5.74, 6) is 2.37. The van der Waals surface area contributed by atoms with Gasteiger partial charge in [-0.25, -0.2) is 4.98 Å². The van der Waals surface area contributed by atoms with Crippen molar-refractivity contribution < 1.29 is 4.74 Å². The fourth-order valence-corrected chi connectivity index (χ4v) is 1.57. The number of anilines is 2. The van der Waals surface area contributed by atoms with Crippen LogP contribution in [0.15, 0.2) is 42.6 Å². The van der Waals surface area contributed by atoms with Crippen molar-refractivity contribution in [3.63, 3.8) is 0 Å². The van der Waals surface area contributed by atoms with Crippen molar-refractivity contribution >= 4 is 11.5 Å². The number of nitrogens with one attached hydrogen (secondary N) is 1. The third kappa shape index (κ3) is 2.91. The van der Waals surface area contributed by atoms with Crippen molar-refractivity contribution in [3.8, 4) is 11.5 Å². The fraction of sp³-hybridized carbons (Fsp3) is 0.214. The molecule has 2 rings (SSSR count). The van der Waals surface area contributed by atoms with Crippen molar-refractivity contribution in [1.29, 1.82) is 0 Å². The average Bonchev–Trinajstić information content (AvgIpc) is 2.39. The van der Waals surface area contributed by atoms with E-state index in [2.05, 4.69) is 10.3 Å². The lowest BCUT2D eigenvalue weighted by Crippen LogP contribution is -2.08. The highest BCUT2D eigenvalue weighted by molar-refractivity contribution is 5.50. The van der Waals surface area contributed by atoms with Crippen LogP contribution >= 0.6 is 0 Å². The van der Waals surface area contributed by atoms with Gasteiger partial charge in [-0.3, -0.25) is 0 Å².